The molecule has 2 N–H and O–H groups in total. The minimum Gasteiger partial charge on any atom is -0.493 e. The molecule has 0 aliphatic rings. The van der Waals surface area contributed by atoms with Gasteiger partial charge in [-0.2, -0.15) is 0 Å². The van der Waals surface area contributed by atoms with Crippen LogP contribution < -0.4 is 20.1 Å². The van der Waals surface area contributed by atoms with Crippen molar-refractivity contribution in [3.05, 3.63) is 59.5 Å². The zero-order chi connectivity index (χ0) is 19.1. The van der Waals surface area contributed by atoms with Crippen molar-refractivity contribution < 1.29 is 23.5 Å². The van der Waals surface area contributed by atoms with Gasteiger partial charge in [0.05, 0.1) is 19.9 Å². The lowest BCUT2D eigenvalue weighted by Crippen LogP contribution is -2.29. The molecule has 0 bridgehead atoms. The molecule has 2 rings (SSSR count). The van der Waals surface area contributed by atoms with E-state index in [4.69, 9.17) is 9.47 Å². The van der Waals surface area contributed by atoms with Crippen LogP contribution in [0.4, 0.5) is 10.1 Å². The second-order valence-electron chi connectivity index (χ2n) is 5.29. The molecule has 0 aliphatic heterocycles. The zero-order valence-corrected chi connectivity index (χ0v) is 14.6. The topological polar surface area (TPSA) is 76.7 Å². The van der Waals surface area contributed by atoms with Crippen LogP contribution in [0.5, 0.6) is 11.5 Å². The lowest BCUT2D eigenvalue weighted by atomic mass is 10.1. The Morgan fingerprint density at radius 3 is 2.35 bits per heavy atom. The molecule has 2 amide bonds. The summed E-state index contributed by atoms with van der Waals surface area (Å²) in [7, 11) is 3.00. The molecule has 7 heteroatoms. The van der Waals surface area contributed by atoms with Crippen molar-refractivity contribution >= 4 is 23.6 Å². The van der Waals surface area contributed by atoms with Crippen molar-refractivity contribution in [2.24, 2.45) is 0 Å². The highest BCUT2D eigenvalue weighted by Crippen LogP contribution is 2.28. The summed E-state index contributed by atoms with van der Waals surface area (Å²) in [6, 6.07) is 10.8. The highest BCUT2D eigenvalue weighted by Gasteiger charge is 2.14. The molecule has 0 radical (unpaired) electrons. The van der Waals surface area contributed by atoms with Gasteiger partial charge in [0.15, 0.2) is 11.5 Å². The zero-order valence-electron chi connectivity index (χ0n) is 14.6. The number of amides is 2. The number of nitrogens with one attached hydrogen (secondary N) is 2. The summed E-state index contributed by atoms with van der Waals surface area (Å²) < 4.78 is 24.1. The van der Waals surface area contributed by atoms with E-state index in [2.05, 4.69) is 10.6 Å². The van der Waals surface area contributed by atoms with Gasteiger partial charge in [0.25, 0.3) is 5.91 Å². The Labute approximate surface area is 150 Å². The first-order valence-electron chi connectivity index (χ1n) is 7.71. The molecule has 0 saturated carbocycles. The third-order valence-electron chi connectivity index (χ3n) is 3.40. The molecule has 26 heavy (non-hydrogen) atoms. The van der Waals surface area contributed by atoms with Crippen molar-refractivity contribution in [2.75, 3.05) is 19.5 Å². The Balaban J connectivity index is 2.34. The number of benzene rings is 2. The van der Waals surface area contributed by atoms with E-state index < -0.39 is 17.6 Å². The van der Waals surface area contributed by atoms with E-state index in [1.165, 1.54) is 45.4 Å². The molecule has 2 aromatic rings. The Hall–Kier alpha value is -3.35. The number of halogens is 1. The summed E-state index contributed by atoms with van der Waals surface area (Å²) in [4.78, 5) is 23.9. The summed E-state index contributed by atoms with van der Waals surface area (Å²) in [5.41, 5.74) is 0.573. The molecular weight excluding hydrogens is 339 g/mol. The molecule has 0 spiro atoms. The molecule has 6 nitrogen and oxygen atoms in total. The second-order valence-corrected chi connectivity index (χ2v) is 5.29. The predicted octanol–water partition coefficient (Wildman–Crippen LogP) is 2.96. The first-order chi connectivity index (χ1) is 12.4. The van der Waals surface area contributed by atoms with E-state index in [-0.39, 0.29) is 11.4 Å². The Morgan fingerprint density at radius 1 is 1.04 bits per heavy atom. The van der Waals surface area contributed by atoms with Crippen molar-refractivity contribution in [2.45, 2.75) is 6.92 Å². The van der Waals surface area contributed by atoms with Gasteiger partial charge < -0.3 is 20.1 Å². The SMILES string of the molecule is COc1ccc(/C=C(/NC(C)=O)C(=O)Nc2ccccc2F)cc1OC. The Morgan fingerprint density at radius 2 is 1.73 bits per heavy atom. The third-order valence-corrected chi connectivity index (χ3v) is 3.40. The van der Waals surface area contributed by atoms with Gasteiger partial charge in [-0.05, 0) is 35.9 Å². The highest BCUT2D eigenvalue weighted by molar-refractivity contribution is 6.08. The van der Waals surface area contributed by atoms with E-state index in [9.17, 15) is 14.0 Å². The smallest absolute Gasteiger partial charge is 0.272 e. The largest absolute Gasteiger partial charge is 0.493 e. The van der Waals surface area contributed by atoms with Crippen LogP contribution in [0.15, 0.2) is 48.2 Å². The van der Waals surface area contributed by atoms with Crippen molar-refractivity contribution in [3.63, 3.8) is 0 Å². The standard InChI is InChI=1S/C19H19FN2O4/c1-12(23)21-16(19(24)22-15-7-5-4-6-14(15)20)10-13-8-9-17(25-2)18(11-13)26-3/h4-11H,1-3H3,(H,21,23)(H,22,24)/b16-10+. The number of ether oxygens (including phenoxy) is 2. The lowest BCUT2D eigenvalue weighted by Gasteiger charge is -2.11. The monoisotopic (exact) mass is 358 g/mol. The molecule has 0 fully saturated rings. The van der Waals surface area contributed by atoms with Crippen molar-refractivity contribution in [3.8, 4) is 11.5 Å². The second kappa shape index (κ2) is 8.66. The van der Waals surface area contributed by atoms with Crippen molar-refractivity contribution in [1.29, 1.82) is 0 Å². The minimum atomic E-state index is -0.653. The van der Waals surface area contributed by atoms with E-state index in [1.54, 1.807) is 24.3 Å². The number of hydrogen-bond acceptors (Lipinski definition) is 4. The van der Waals surface area contributed by atoms with Crippen LogP contribution in [-0.2, 0) is 9.59 Å². The molecule has 0 atom stereocenters. The van der Waals surface area contributed by atoms with Gasteiger partial charge in [-0.3, -0.25) is 9.59 Å². The van der Waals surface area contributed by atoms with Gasteiger partial charge in [-0.15, -0.1) is 0 Å². The summed E-state index contributed by atoms with van der Waals surface area (Å²) >= 11 is 0. The maximum Gasteiger partial charge on any atom is 0.272 e. The average molecular weight is 358 g/mol. The maximum absolute atomic E-state index is 13.7. The van der Waals surface area contributed by atoms with Gasteiger partial charge in [-0.25, -0.2) is 4.39 Å². The first-order valence-corrected chi connectivity index (χ1v) is 7.71. The summed E-state index contributed by atoms with van der Waals surface area (Å²) in [5, 5.41) is 4.88. The van der Waals surface area contributed by atoms with Crippen LogP contribution in [0.2, 0.25) is 0 Å². The number of para-hydroxylation sites is 1. The van der Waals surface area contributed by atoms with E-state index >= 15 is 0 Å². The fraction of sp³-hybridized carbons (Fsp3) is 0.158. The fourth-order valence-electron chi connectivity index (χ4n) is 2.21. The molecule has 0 unspecified atom stereocenters. The fourth-order valence-corrected chi connectivity index (χ4v) is 2.21. The average Bonchev–Trinajstić information content (AvgIpc) is 2.62. The first kappa shape index (κ1) is 19.0. The number of anilines is 1. The lowest BCUT2D eigenvalue weighted by molar-refractivity contribution is -0.120. The molecule has 0 heterocycles. The molecular formula is C19H19FN2O4. The number of carbonyl (C=O) groups is 2. The number of methoxy groups -OCH3 is 2. The quantitative estimate of drug-likeness (QED) is 0.779. The minimum absolute atomic E-state index is 0.0149. The number of carbonyl (C=O) groups excluding carboxylic acids is 2. The van der Waals surface area contributed by atoms with Gasteiger partial charge in [0, 0.05) is 6.92 Å². The molecule has 136 valence electrons. The van der Waals surface area contributed by atoms with Gasteiger partial charge in [0.1, 0.15) is 11.5 Å². The van der Waals surface area contributed by atoms with Crippen LogP contribution in [0, 0.1) is 5.82 Å². The van der Waals surface area contributed by atoms with Crippen LogP contribution in [0.25, 0.3) is 6.08 Å². The van der Waals surface area contributed by atoms with Gasteiger partial charge >= 0.3 is 0 Å². The Bertz CT molecular complexity index is 849. The van der Waals surface area contributed by atoms with Gasteiger partial charge in [-0.1, -0.05) is 18.2 Å². The van der Waals surface area contributed by atoms with E-state index in [1.807, 2.05) is 0 Å². The Kier molecular flexibility index (Phi) is 6.32. The van der Waals surface area contributed by atoms with Crippen LogP contribution in [-0.4, -0.2) is 26.0 Å². The number of hydrogen-bond donors (Lipinski definition) is 2. The highest BCUT2D eigenvalue weighted by atomic mass is 19.1. The summed E-state index contributed by atoms with van der Waals surface area (Å²) in [6.45, 7) is 1.28. The summed E-state index contributed by atoms with van der Waals surface area (Å²) in [6.07, 6.45) is 1.46. The molecule has 0 saturated heterocycles. The van der Waals surface area contributed by atoms with Crippen LogP contribution in [0.1, 0.15) is 12.5 Å². The van der Waals surface area contributed by atoms with Crippen LogP contribution >= 0.6 is 0 Å². The molecule has 0 aliphatic carbocycles. The maximum atomic E-state index is 13.7. The predicted molar refractivity (Wildman–Crippen MR) is 96.4 cm³/mol. The van der Waals surface area contributed by atoms with Gasteiger partial charge in [0.2, 0.25) is 5.91 Å². The van der Waals surface area contributed by atoms with E-state index in [0.717, 1.165) is 0 Å². The van der Waals surface area contributed by atoms with Crippen molar-refractivity contribution in [1.82, 2.24) is 5.32 Å². The third kappa shape index (κ3) is 4.83. The number of rotatable bonds is 6. The van der Waals surface area contributed by atoms with E-state index in [0.29, 0.717) is 17.1 Å². The van der Waals surface area contributed by atoms with Crippen LogP contribution in [0.3, 0.4) is 0 Å². The molecule has 2 aromatic carbocycles. The molecule has 0 aromatic heterocycles. The normalized spacial score (nSPS) is 10.8. The summed E-state index contributed by atoms with van der Waals surface area (Å²) in [5.74, 6) is -0.658.